The van der Waals surface area contributed by atoms with Gasteiger partial charge in [-0.2, -0.15) is 0 Å². The monoisotopic (exact) mass is 351 g/mol. The Labute approximate surface area is 139 Å². The van der Waals surface area contributed by atoms with Crippen LogP contribution < -0.4 is 10.6 Å². The molecule has 10 heteroatoms. The van der Waals surface area contributed by atoms with Crippen molar-refractivity contribution in [1.29, 1.82) is 0 Å². The minimum Gasteiger partial charge on any atom is -0.448 e. The number of urea groups is 1. The number of rotatable bonds is 4. The number of amides is 3. The Hall–Kier alpha value is -3.01. The van der Waals surface area contributed by atoms with Crippen LogP contribution in [-0.4, -0.2) is 36.0 Å². The minimum atomic E-state index is -1.17. The summed E-state index contributed by atoms with van der Waals surface area (Å²) in [7, 11) is 1.34. The molecule has 2 rings (SSSR count). The lowest BCUT2D eigenvalue weighted by atomic mass is 10.2. The number of benzene rings is 1. The molecule has 0 saturated heterocycles. The number of thiophene rings is 1. The average molecular weight is 351 g/mol. The molecule has 0 unspecified atom stereocenters. The first-order chi connectivity index (χ1) is 11.3. The summed E-state index contributed by atoms with van der Waals surface area (Å²) >= 11 is 1.09. The molecule has 0 aliphatic heterocycles. The number of imide groups is 1. The van der Waals surface area contributed by atoms with Crippen LogP contribution in [-0.2, 0) is 9.53 Å². The zero-order valence-corrected chi connectivity index (χ0v) is 13.5. The van der Waals surface area contributed by atoms with Crippen LogP contribution in [0.4, 0.5) is 10.5 Å². The van der Waals surface area contributed by atoms with E-state index in [1.54, 1.807) is 0 Å². The van der Waals surface area contributed by atoms with E-state index in [9.17, 15) is 24.5 Å². The van der Waals surface area contributed by atoms with Gasteiger partial charge in [-0.05, 0) is 19.1 Å². The number of hydrogen-bond acceptors (Lipinski definition) is 7. The smallest absolute Gasteiger partial charge is 0.349 e. The van der Waals surface area contributed by atoms with Crippen molar-refractivity contribution in [2.75, 3.05) is 7.05 Å². The van der Waals surface area contributed by atoms with Gasteiger partial charge in [-0.25, -0.2) is 9.59 Å². The molecule has 24 heavy (non-hydrogen) atoms. The second kappa shape index (κ2) is 7.04. The summed E-state index contributed by atoms with van der Waals surface area (Å²) in [6.45, 7) is 1.33. The predicted molar refractivity (Wildman–Crippen MR) is 86.0 cm³/mol. The molecular formula is C14H13N3O6S. The second-order valence-corrected chi connectivity index (χ2v) is 5.79. The third-order valence-corrected chi connectivity index (χ3v) is 4.12. The molecule has 0 aliphatic carbocycles. The predicted octanol–water partition coefficient (Wildman–Crippen LogP) is 1.81. The molecule has 1 heterocycles. The molecule has 0 fully saturated rings. The van der Waals surface area contributed by atoms with Gasteiger partial charge in [-0.3, -0.25) is 20.2 Å². The summed E-state index contributed by atoms with van der Waals surface area (Å²) in [5.41, 5.74) is -0.0847. The highest BCUT2D eigenvalue weighted by atomic mass is 32.1. The van der Waals surface area contributed by atoms with Gasteiger partial charge in [-0.15, -0.1) is 11.3 Å². The van der Waals surface area contributed by atoms with Crippen molar-refractivity contribution in [3.8, 4) is 0 Å². The summed E-state index contributed by atoms with van der Waals surface area (Å²) in [5, 5.41) is 15.5. The number of esters is 1. The zero-order valence-electron chi connectivity index (χ0n) is 12.7. The highest BCUT2D eigenvalue weighted by Gasteiger charge is 2.22. The number of ether oxygens (including phenoxy) is 1. The van der Waals surface area contributed by atoms with Crippen LogP contribution in [0.15, 0.2) is 24.3 Å². The van der Waals surface area contributed by atoms with E-state index in [1.165, 1.54) is 38.2 Å². The van der Waals surface area contributed by atoms with Crippen LogP contribution in [0.2, 0.25) is 0 Å². The normalized spacial score (nSPS) is 11.6. The van der Waals surface area contributed by atoms with E-state index in [1.807, 2.05) is 5.32 Å². The Bertz CT molecular complexity index is 831. The van der Waals surface area contributed by atoms with E-state index in [0.29, 0.717) is 10.1 Å². The summed E-state index contributed by atoms with van der Waals surface area (Å²) < 4.78 is 5.67. The first-order valence-corrected chi connectivity index (χ1v) is 7.55. The number of hydrogen-bond donors (Lipinski definition) is 2. The summed E-state index contributed by atoms with van der Waals surface area (Å²) in [6.07, 6.45) is -1.17. The van der Waals surface area contributed by atoms with Crippen LogP contribution in [0, 0.1) is 10.1 Å². The van der Waals surface area contributed by atoms with E-state index < -0.39 is 28.9 Å². The SMILES string of the molecule is CNC(=O)NC(=O)[C@@H](C)OC(=O)c1cc2cc([N+](=O)[O-])ccc2s1. The van der Waals surface area contributed by atoms with Gasteiger partial charge in [0.1, 0.15) is 4.88 Å². The Kier molecular flexibility index (Phi) is 5.09. The van der Waals surface area contributed by atoms with Gasteiger partial charge in [-0.1, -0.05) is 0 Å². The largest absolute Gasteiger partial charge is 0.448 e. The quantitative estimate of drug-likeness (QED) is 0.491. The number of carbonyl (C=O) groups excluding carboxylic acids is 3. The van der Waals surface area contributed by atoms with E-state index in [4.69, 9.17) is 4.74 Å². The molecule has 2 N–H and O–H groups in total. The molecule has 1 atom stereocenters. The van der Waals surface area contributed by atoms with Crippen molar-refractivity contribution in [2.45, 2.75) is 13.0 Å². The van der Waals surface area contributed by atoms with Crippen molar-refractivity contribution >= 4 is 45.0 Å². The number of fused-ring (bicyclic) bond motifs is 1. The molecule has 0 radical (unpaired) electrons. The Morgan fingerprint density at radius 2 is 2.00 bits per heavy atom. The van der Waals surface area contributed by atoms with Crippen LogP contribution in [0.1, 0.15) is 16.6 Å². The maximum absolute atomic E-state index is 12.1. The fraction of sp³-hybridized carbons (Fsp3) is 0.214. The van der Waals surface area contributed by atoms with Gasteiger partial charge in [0.05, 0.1) is 4.92 Å². The number of nitrogens with one attached hydrogen (secondary N) is 2. The number of nitro benzene ring substituents is 1. The standard InChI is InChI=1S/C14H13N3O6S/c1-7(12(18)16-14(20)15-2)23-13(19)11-6-8-5-9(17(21)22)3-4-10(8)24-11/h3-7H,1-2H3,(H2,15,16,18,20)/t7-/m1/s1. The lowest BCUT2D eigenvalue weighted by Crippen LogP contribution is -2.43. The van der Waals surface area contributed by atoms with Crippen LogP contribution >= 0.6 is 11.3 Å². The highest BCUT2D eigenvalue weighted by Crippen LogP contribution is 2.29. The molecule has 9 nitrogen and oxygen atoms in total. The molecule has 0 bridgehead atoms. The molecule has 0 spiro atoms. The molecule has 0 aliphatic rings. The van der Waals surface area contributed by atoms with Crippen LogP contribution in [0.3, 0.4) is 0 Å². The van der Waals surface area contributed by atoms with Crippen molar-refractivity contribution in [3.05, 3.63) is 39.3 Å². The van der Waals surface area contributed by atoms with Gasteiger partial charge in [0.25, 0.3) is 11.6 Å². The fourth-order valence-corrected chi connectivity index (χ4v) is 2.72. The molecule has 1 aromatic heterocycles. The Morgan fingerprint density at radius 3 is 2.62 bits per heavy atom. The first-order valence-electron chi connectivity index (χ1n) is 6.73. The third kappa shape index (κ3) is 3.84. The summed E-state index contributed by atoms with van der Waals surface area (Å²) in [4.78, 5) is 45.2. The van der Waals surface area contributed by atoms with Gasteiger partial charge in [0.15, 0.2) is 6.10 Å². The highest BCUT2D eigenvalue weighted by molar-refractivity contribution is 7.20. The lowest BCUT2D eigenvalue weighted by molar-refractivity contribution is -0.384. The maximum atomic E-state index is 12.1. The number of nitrogens with zero attached hydrogens (tertiary/aromatic N) is 1. The number of carbonyl (C=O) groups is 3. The maximum Gasteiger partial charge on any atom is 0.349 e. The molecule has 3 amide bonds. The molecule has 0 saturated carbocycles. The van der Waals surface area contributed by atoms with Crippen molar-refractivity contribution in [3.63, 3.8) is 0 Å². The zero-order chi connectivity index (χ0) is 17.9. The van der Waals surface area contributed by atoms with Gasteiger partial charge >= 0.3 is 12.0 Å². The van der Waals surface area contributed by atoms with Gasteiger partial charge < -0.3 is 10.1 Å². The molecule has 2 aromatic rings. The van der Waals surface area contributed by atoms with E-state index in [0.717, 1.165) is 11.3 Å². The van der Waals surface area contributed by atoms with Gasteiger partial charge in [0, 0.05) is 29.3 Å². The average Bonchev–Trinajstić information content (AvgIpc) is 2.97. The summed E-state index contributed by atoms with van der Waals surface area (Å²) in [5.74, 6) is -1.52. The van der Waals surface area contributed by atoms with Crippen molar-refractivity contribution in [2.24, 2.45) is 0 Å². The van der Waals surface area contributed by atoms with E-state index in [-0.39, 0.29) is 10.6 Å². The lowest BCUT2D eigenvalue weighted by Gasteiger charge is -2.11. The first kappa shape index (κ1) is 17.3. The van der Waals surface area contributed by atoms with Crippen molar-refractivity contribution < 1.29 is 24.0 Å². The van der Waals surface area contributed by atoms with Gasteiger partial charge in [0.2, 0.25) is 0 Å². The minimum absolute atomic E-state index is 0.0847. The molecular weight excluding hydrogens is 338 g/mol. The van der Waals surface area contributed by atoms with Crippen molar-refractivity contribution in [1.82, 2.24) is 10.6 Å². The van der Waals surface area contributed by atoms with E-state index >= 15 is 0 Å². The number of non-ortho nitro benzene ring substituents is 1. The third-order valence-electron chi connectivity index (χ3n) is 3.03. The second-order valence-electron chi connectivity index (χ2n) is 4.71. The Morgan fingerprint density at radius 1 is 1.29 bits per heavy atom. The number of nitro groups is 1. The van der Waals surface area contributed by atoms with Crippen LogP contribution in [0.5, 0.6) is 0 Å². The Balaban J connectivity index is 2.12. The fourth-order valence-electron chi connectivity index (χ4n) is 1.79. The molecule has 126 valence electrons. The summed E-state index contributed by atoms with van der Waals surface area (Å²) in [6, 6.07) is 4.98. The topological polar surface area (TPSA) is 128 Å². The van der Waals surface area contributed by atoms with Crippen LogP contribution in [0.25, 0.3) is 10.1 Å². The molecule has 1 aromatic carbocycles. The van der Waals surface area contributed by atoms with E-state index in [2.05, 4.69) is 5.32 Å².